The maximum absolute atomic E-state index is 8.70. The van der Waals surface area contributed by atoms with Crippen LogP contribution in [0.1, 0.15) is 16.7 Å². The zero-order valence-electron chi connectivity index (χ0n) is 10.1. The zero-order chi connectivity index (χ0) is 12.8. The summed E-state index contributed by atoms with van der Waals surface area (Å²) < 4.78 is 1.62. The molecular weight excluding hydrogens is 224 g/mol. The quantitative estimate of drug-likeness (QED) is 0.766. The van der Waals surface area contributed by atoms with Gasteiger partial charge < -0.3 is 0 Å². The van der Waals surface area contributed by atoms with Crippen LogP contribution in [-0.2, 0) is 0 Å². The van der Waals surface area contributed by atoms with Gasteiger partial charge in [0.1, 0.15) is 7.11 Å². The number of nitrogens with zero attached hydrogens (tertiary/aromatic N) is 2. The molecule has 0 saturated heterocycles. The lowest BCUT2D eigenvalue weighted by atomic mass is 10.1. The zero-order valence-corrected chi connectivity index (χ0v) is 10.1. The minimum Gasteiger partial charge on any atom is -0.275 e. The molecule has 2 rings (SSSR count). The average Bonchev–Trinajstić information content (AvgIpc) is 2.46. The van der Waals surface area contributed by atoms with E-state index in [4.69, 9.17) is 10.1 Å². The van der Waals surface area contributed by atoms with Crippen LogP contribution in [0.25, 0.3) is 12.2 Å². The van der Waals surface area contributed by atoms with E-state index in [0.717, 1.165) is 11.1 Å². The van der Waals surface area contributed by atoms with Crippen molar-refractivity contribution < 1.29 is 9.57 Å². The van der Waals surface area contributed by atoms with E-state index in [0.29, 0.717) is 5.56 Å². The molecular formula is C15H13N2O+. The Kier molecular flexibility index (Phi) is 3.72. The highest BCUT2D eigenvalue weighted by molar-refractivity contribution is 5.69. The highest BCUT2D eigenvalue weighted by Crippen LogP contribution is 2.08. The lowest BCUT2D eigenvalue weighted by Gasteiger charge is -1.94. The second kappa shape index (κ2) is 5.65. The van der Waals surface area contributed by atoms with Crippen LogP contribution in [0.5, 0.6) is 0 Å². The van der Waals surface area contributed by atoms with Gasteiger partial charge in [0.2, 0.25) is 12.4 Å². The normalized spacial score (nSPS) is 10.2. The highest BCUT2D eigenvalue weighted by atomic mass is 16.6. The van der Waals surface area contributed by atoms with Crippen molar-refractivity contribution in [2.45, 2.75) is 0 Å². The largest absolute Gasteiger partial charge is 0.275 e. The number of hydrogen-bond acceptors (Lipinski definition) is 2. The van der Waals surface area contributed by atoms with Crippen LogP contribution in [0.4, 0.5) is 0 Å². The summed E-state index contributed by atoms with van der Waals surface area (Å²) in [6, 6.07) is 13.5. The Bertz CT molecular complexity index is 577. The molecule has 0 aliphatic heterocycles. The van der Waals surface area contributed by atoms with Crippen LogP contribution in [-0.4, -0.2) is 7.11 Å². The number of nitriles is 1. The number of benzene rings is 1. The number of hydrogen-bond donors (Lipinski definition) is 0. The van der Waals surface area contributed by atoms with E-state index in [1.807, 2.05) is 60.9 Å². The predicted octanol–water partition coefficient (Wildman–Crippen LogP) is 2.07. The third-order valence-corrected chi connectivity index (χ3v) is 2.55. The smallest absolute Gasteiger partial charge is 0.223 e. The van der Waals surface area contributed by atoms with Crippen LogP contribution < -0.4 is 9.57 Å². The number of rotatable bonds is 3. The predicted molar refractivity (Wildman–Crippen MR) is 69.2 cm³/mol. The molecule has 0 radical (unpaired) electrons. The van der Waals surface area contributed by atoms with E-state index in [1.165, 1.54) is 0 Å². The van der Waals surface area contributed by atoms with Crippen molar-refractivity contribution in [1.82, 2.24) is 0 Å². The summed E-state index contributed by atoms with van der Waals surface area (Å²) in [5.41, 5.74) is 2.83. The molecule has 88 valence electrons. The third-order valence-electron chi connectivity index (χ3n) is 2.55. The molecule has 1 aromatic carbocycles. The highest BCUT2D eigenvalue weighted by Gasteiger charge is 1.96. The Morgan fingerprint density at radius 2 is 1.56 bits per heavy atom. The fraction of sp³-hybridized carbons (Fsp3) is 0.0667. The molecule has 0 bridgehead atoms. The fourth-order valence-corrected chi connectivity index (χ4v) is 1.52. The molecule has 1 heterocycles. The summed E-state index contributed by atoms with van der Waals surface area (Å²) in [7, 11) is 1.62. The van der Waals surface area contributed by atoms with Gasteiger partial charge in [-0.3, -0.25) is 4.84 Å². The standard InChI is InChI=1S/C15H13N2O/c1-18-17-10-8-14(9-11-17)3-2-13-4-6-15(12-16)7-5-13/h2-11H,1H3/q+1/b3-2+. The second-order valence-electron chi connectivity index (χ2n) is 3.74. The van der Waals surface area contributed by atoms with E-state index >= 15 is 0 Å². The first-order chi connectivity index (χ1) is 8.81. The average molecular weight is 237 g/mol. The Labute approximate surface area is 106 Å². The van der Waals surface area contributed by atoms with Gasteiger partial charge in [0.25, 0.3) is 0 Å². The molecule has 0 N–H and O–H groups in total. The van der Waals surface area contributed by atoms with E-state index in [-0.39, 0.29) is 0 Å². The van der Waals surface area contributed by atoms with Gasteiger partial charge in [-0.1, -0.05) is 24.3 Å². The Hall–Kier alpha value is -2.60. The summed E-state index contributed by atoms with van der Waals surface area (Å²) in [6.07, 6.45) is 7.71. The third kappa shape index (κ3) is 2.96. The molecule has 3 heteroatoms. The minimum atomic E-state index is 0.674. The SMILES string of the molecule is CO[n+]1ccc(/C=C/c2ccc(C#N)cc2)cc1. The van der Waals surface area contributed by atoms with Crippen LogP contribution in [0.3, 0.4) is 0 Å². The molecule has 0 unspecified atom stereocenters. The number of aromatic nitrogens is 1. The van der Waals surface area contributed by atoms with Gasteiger partial charge in [0.15, 0.2) is 0 Å². The molecule has 3 nitrogen and oxygen atoms in total. The van der Waals surface area contributed by atoms with Gasteiger partial charge in [0, 0.05) is 16.9 Å². The summed E-state index contributed by atoms with van der Waals surface area (Å²) >= 11 is 0. The topological polar surface area (TPSA) is 36.9 Å². The van der Waals surface area contributed by atoms with Crippen LogP contribution in [0, 0.1) is 11.3 Å². The van der Waals surface area contributed by atoms with Crippen molar-refractivity contribution in [1.29, 1.82) is 5.26 Å². The molecule has 0 aliphatic carbocycles. The van der Waals surface area contributed by atoms with Gasteiger partial charge in [-0.2, -0.15) is 5.26 Å². The molecule has 0 aliphatic rings. The van der Waals surface area contributed by atoms with Gasteiger partial charge in [0.05, 0.1) is 11.6 Å². The minimum absolute atomic E-state index is 0.674. The molecule has 0 spiro atoms. The molecule has 2 aromatic rings. The van der Waals surface area contributed by atoms with E-state index < -0.39 is 0 Å². The second-order valence-corrected chi connectivity index (χ2v) is 3.74. The summed E-state index contributed by atoms with van der Waals surface area (Å²) in [6.45, 7) is 0. The molecule has 0 saturated carbocycles. The van der Waals surface area contributed by atoms with Gasteiger partial charge >= 0.3 is 0 Å². The lowest BCUT2D eigenvalue weighted by Crippen LogP contribution is -2.39. The summed E-state index contributed by atoms with van der Waals surface area (Å²) in [4.78, 5) is 5.02. The Morgan fingerprint density at radius 1 is 1.00 bits per heavy atom. The number of pyridine rings is 1. The molecule has 0 atom stereocenters. The molecule has 1 aromatic heterocycles. The van der Waals surface area contributed by atoms with Crippen molar-refractivity contribution >= 4 is 12.2 Å². The maximum atomic E-state index is 8.70. The monoisotopic (exact) mass is 237 g/mol. The summed E-state index contributed by atoms with van der Waals surface area (Å²) in [5, 5.41) is 8.70. The fourth-order valence-electron chi connectivity index (χ4n) is 1.52. The Balaban J connectivity index is 2.11. The van der Waals surface area contributed by atoms with E-state index in [2.05, 4.69) is 6.07 Å². The first-order valence-corrected chi connectivity index (χ1v) is 5.56. The van der Waals surface area contributed by atoms with Gasteiger partial charge in [-0.05, 0) is 23.3 Å². The van der Waals surface area contributed by atoms with Crippen molar-refractivity contribution in [3.05, 3.63) is 65.5 Å². The van der Waals surface area contributed by atoms with Crippen molar-refractivity contribution in [3.8, 4) is 6.07 Å². The first-order valence-electron chi connectivity index (χ1n) is 5.56. The van der Waals surface area contributed by atoms with Crippen LogP contribution in [0.15, 0.2) is 48.8 Å². The van der Waals surface area contributed by atoms with Crippen molar-refractivity contribution in [2.24, 2.45) is 0 Å². The maximum Gasteiger partial charge on any atom is 0.223 e. The van der Waals surface area contributed by atoms with Crippen molar-refractivity contribution in [3.63, 3.8) is 0 Å². The van der Waals surface area contributed by atoms with Crippen LogP contribution >= 0.6 is 0 Å². The van der Waals surface area contributed by atoms with Gasteiger partial charge in [-0.15, -0.1) is 0 Å². The Morgan fingerprint density at radius 3 is 2.06 bits per heavy atom. The van der Waals surface area contributed by atoms with E-state index in [9.17, 15) is 0 Å². The molecule has 0 amide bonds. The van der Waals surface area contributed by atoms with E-state index in [1.54, 1.807) is 11.8 Å². The summed E-state index contributed by atoms with van der Waals surface area (Å²) in [5.74, 6) is 0. The van der Waals surface area contributed by atoms with Gasteiger partial charge in [-0.25, -0.2) is 0 Å². The lowest BCUT2D eigenvalue weighted by molar-refractivity contribution is -0.885. The molecule has 0 fully saturated rings. The molecule has 18 heavy (non-hydrogen) atoms. The first kappa shape index (κ1) is 11.9. The van der Waals surface area contributed by atoms with Crippen molar-refractivity contribution in [2.75, 3.05) is 7.11 Å². The van der Waals surface area contributed by atoms with Crippen LogP contribution in [0.2, 0.25) is 0 Å².